The molecule has 7 nitrogen and oxygen atoms in total. The van der Waals surface area contributed by atoms with Crippen LogP contribution in [0, 0.1) is 0 Å². The van der Waals surface area contributed by atoms with Gasteiger partial charge in [-0.3, -0.25) is 14.8 Å². The number of methoxy groups -OCH3 is 1. The molecular weight excluding hydrogens is 390 g/mol. The van der Waals surface area contributed by atoms with Gasteiger partial charge >= 0.3 is 0 Å². The fraction of sp³-hybridized carbons (Fsp3) is 0.708. The number of ether oxygens (including phenoxy) is 2. The van der Waals surface area contributed by atoms with Gasteiger partial charge in [0.15, 0.2) is 5.96 Å². The minimum Gasteiger partial charge on any atom is -0.497 e. The van der Waals surface area contributed by atoms with Crippen molar-refractivity contribution in [3.05, 3.63) is 29.8 Å². The summed E-state index contributed by atoms with van der Waals surface area (Å²) in [6.45, 7) is 11.0. The molecule has 3 rings (SSSR count). The van der Waals surface area contributed by atoms with Crippen LogP contribution < -0.4 is 15.4 Å². The summed E-state index contributed by atoms with van der Waals surface area (Å²) in [4.78, 5) is 9.59. The van der Waals surface area contributed by atoms with Gasteiger partial charge in [-0.05, 0) is 50.9 Å². The van der Waals surface area contributed by atoms with Crippen LogP contribution in [0.5, 0.6) is 5.75 Å². The number of nitrogens with one attached hydrogen (secondary N) is 2. The third kappa shape index (κ3) is 6.82. The molecule has 0 radical (unpaired) electrons. The molecule has 0 saturated carbocycles. The Morgan fingerprint density at radius 3 is 2.48 bits per heavy atom. The van der Waals surface area contributed by atoms with Gasteiger partial charge in [-0.25, -0.2) is 0 Å². The molecule has 2 aliphatic rings. The number of nitrogens with zero attached hydrogens (tertiary/aromatic N) is 3. The minimum atomic E-state index is 0.257. The first-order valence-corrected chi connectivity index (χ1v) is 11.8. The van der Waals surface area contributed by atoms with E-state index in [2.05, 4.69) is 51.4 Å². The lowest BCUT2D eigenvalue weighted by molar-refractivity contribution is 0.0170. The predicted octanol–water partition coefficient (Wildman–Crippen LogP) is 2.50. The number of hydrogen-bond donors (Lipinski definition) is 2. The van der Waals surface area contributed by atoms with Crippen LogP contribution in [-0.4, -0.2) is 87.9 Å². The Morgan fingerprint density at radius 1 is 1.13 bits per heavy atom. The highest BCUT2D eigenvalue weighted by atomic mass is 16.5. The summed E-state index contributed by atoms with van der Waals surface area (Å²) in [7, 11) is 3.55. The summed E-state index contributed by atoms with van der Waals surface area (Å²) in [5.41, 5.74) is 1.28. The van der Waals surface area contributed by atoms with Gasteiger partial charge in [0.05, 0.1) is 26.4 Å². The van der Waals surface area contributed by atoms with E-state index < -0.39 is 0 Å². The summed E-state index contributed by atoms with van der Waals surface area (Å²) in [6, 6.07) is 9.82. The average molecular weight is 432 g/mol. The second-order valence-corrected chi connectivity index (χ2v) is 8.70. The number of likely N-dealkylation sites (tertiary alicyclic amines) is 1. The average Bonchev–Trinajstić information content (AvgIpc) is 2.82. The fourth-order valence-corrected chi connectivity index (χ4v) is 4.72. The van der Waals surface area contributed by atoms with Crippen LogP contribution in [-0.2, 0) is 4.74 Å². The second-order valence-electron chi connectivity index (χ2n) is 8.70. The Hall–Kier alpha value is -1.83. The van der Waals surface area contributed by atoms with Crippen LogP contribution in [0.15, 0.2) is 29.3 Å². The summed E-state index contributed by atoms with van der Waals surface area (Å²) >= 11 is 0. The lowest BCUT2D eigenvalue weighted by Crippen LogP contribution is -2.51. The first-order valence-electron chi connectivity index (χ1n) is 11.8. The van der Waals surface area contributed by atoms with E-state index in [-0.39, 0.29) is 6.04 Å². The third-order valence-electron chi connectivity index (χ3n) is 6.66. The van der Waals surface area contributed by atoms with Crippen molar-refractivity contribution in [1.82, 2.24) is 20.4 Å². The molecule has 174 valence electrons. The number of piperidine rings is 1. The van der Waals surface area contributed by atoms with Crippen molar-refractivity contribution >= 4 is 5.96 Å². The number of aliphatic imine (C=N–C) groups is 1. The Labute approximate surface area is 188 Å². The minimum absolute atomic E-state index is 0.257. The molecule has 0 amide bonds. The molecule has 1 aromatic rings. The van der Waals surface area contributed by atoms with Gasteiger partial charge in [0.1, 0.15) is 5.75 Å². The normalized spacial score (nSPS) is 23.2. The van der Waals surface area contributed by atoms with Gasteiger partial charge < -0.3 is 20.1 Å². The van der Waals surface area contributed by atoms with Crippen molar-refractivity contribution in [2.45, 2.75) is 51.2 Å². The zero-order chi connectivity index (χ0) is 22.1. The Morgan fingerprint density at radius 2 is 1.84 bits per heavy atom. The van der Waals surface area contributed by atoms with E-state index in [1.165, 1.54) is 31.4 Å². The van der Waals surface area contributed by atoms with Gasteiger partial charge in [0.25, 0.3) is 0 Å². The molecule has 0 spiro atoms. The maximum Gasteiger partial charge on any atom is 0.191 e. The Balaban J connectivity index is 1.57. The number of guanidine groups is 1. The number of morpholine rings is 1. The van der Waals surface area contributed by atoms with E-state index in [4.69, 9.17) is 9.47 Å². The predicted molar refractivity (Wildman–Crippen MR) is 127 cm³/mol. The monoisotopic (exact) mass is 431 g/mol. The molecule has 0 bridgehead atoms. The molecule has 2 N–H and O–H groups in total. The van der Waals surface area contributed by atoms with Gasteiger partial charge in [-0.2, -0.15) is 0 Å². The van der Waals surface area contributed by atoms with E-state index in [0.717, 1.165) is 51.1 Å². The molecule has 0 aromatic heterocycles. The van der Waals surface area contributed by atoms with Crippen LogP contribution in [0.2, 0.25) is 0 Å². The van der Waals surface area contributed by atoms with Gasteiger partial charge in [0, 0.05) is 45.3 Å². The maximum absolute atomic E-state index is 5.58. The standard InChI is InChI=1S/C24H41N5O2/c1-19-7-5-6-12-29(19)20(2)17-26-24(25-3)27-18-23(28-13-15-31-16-14-28)21-8-10-22(30-4)11-9-21/h8-11,19-20,23H,5-7,12-18H2,1-4H3,(H2,25,26,27). The van der Waals surface area contributed by atoms with E-state index >= 15 is 0 Å². The molecule has 2 saturated heterocycles. The van der Waals surface area contributed by atoms with Gasteiger partial charge in [-0.1, -0.05) is 18.6 Å². The smallest absolute Gasteiger partial charge is 0.191 e. The molecule has 1 aromatic carbocycles. The van der Waals surface area contributed by atoms with E-state index in [0.29, 0.717) is 12.1 Å². The van der Waals surface area contributed by atoms with Crippen molar-refractivity contribution < 1.29 is 9.47 Å². The van der Waals surface area contributed by atoms with E-state index in [9.17, 15) is 0 Å². The SMILES string of the molecule is CN=C(NCC(c1ccc(OC)cc1)N1CCOCC1)NCC(C)N1CCCCC1C. The maximum atomic E-state index is 5.58. The van der Waals surface area contributed by atoms with Crippen LogP contribution in [0.1, 0.15) is 44.7 Å². The summed E-state index contributed by atoms with van der Waals surface area (Å²) in [6.07, 6.45) is 3.97. The lowest BCUT2D eigenvalue weighted by Gasteiger charge is -2.38. The highest BCUT2D eigenvalue weighted by molar-refractivity contribution is 5.79. The van der Waals surface area contributed by atoms with Crippen LogP contribution in [0.4, 0.5) is 0 Å². The second kappa shape index (κ2) is 12.3. The Bertz CT molecular complexity index is 675. The molecule has 3 atom stereocenters. The molecule has 31 heavy (non-hydrogen) atoms. The largest absolute Gasteiger partial charge is 0.497 e. The van der Waals surface area contributed by atoms with E-state index in [1.54, 1.807) is 7.11 Å². The molecule has 7 heteroatoms. The molecule has 0 aliphatic carbocycles. The molecule has 2 heterocycles. The van der Waals surface area contributed by atoms with Crippen LogP contribution >= 0.6 is 0 Å². The summed E-state index contributed by atoms with van der Waals surface area (Å²) < 4.78 is 10.9. The molecule has 2 fully saturated rings. The van der Waals surface area contributed by atoms with Crippen molar-refractivity contribution in [3.63, 3.8) is 0 Å². The summed E-state index contributed by atoms with van der Waals surface area (Å²) in [5, 5.41) is 7.12. The number of benzene rings is 1. The third-order valence-corrected chi connectivity index (χ3v) is 6.66. The van der Waals surface area contributed by atoms with Crippen molar-refractivity contribution in [1.29, 1.82) is 0 Å². The van der Waals surface area contributed by atoms with Crippen molar-refractivity contribution in [2.24, 2.45) is 4.99 Å². The van der Waals surface area contributed by atoms with Crippen LogP contribution in [0.3, 0.4) is 0 Å². The first-order chi connectivity index (χ1) is 15.1. The lowest BCUT2D eigenvalue weighted by atomic mass is 10.0. The van der Waals surface area contributed by atoms with Crippen molar-refractivity contribution in [3.8, 4) is 5.75 Å². The van der Waals surface area contributed by atoms with Crippen LogP contribution in [0.25, 0.3) is 0 Å². The fourth-order valence-electron chi connectivity index (χ4n) is 4.72. The first kappa shape index (κ1) is 23.8. The topological polar surface area (TPSA) is 61.4 Å². The van der Waals surface area contributed by atoms with Crippen molar-refractivity contribution in [2.75, 3.05) is 60.1 Å². The number of hydrogen-bond acceptors (Lipinski definition) is 5. The van der Waals surface area contributed by atoms with Gasteiger partial charge in [0.2, 0.25) is 0 Å². The molecule has 3 unspecified atom stereocenters. The summed E-state index contributed by atoms with van der Waals surface area (Å²) in [5.74, 6) is 1.75. The zero-order valence-corrected chi connectivity index (χ0v) is 19.8. The highest BCUT2D eigenvalue weighted by Crippen LogP contribution is 2.24. The van der Waals surface area contributed by atoms with Gasteiger partial charge in [-0.15, -0.1) is 0 Å². The quantitative estimate of drug-likeness (QED) is 0.487. The Kier molecular flexibility index (Phi) is 9.43. The molecular formula is C24H41N5O2. The highest BCUT2D eigenvalue weighted by Gasteiger charge is 2.25. The zero-order valence-electron chi connectivity index (χ0n) is 19.8. The number of rotatable bonds is 8. The van der Waals surface area contributed by atoms with E-state index in [1.807, 2.05) is 19.2 Å². The molecule has 2 aliphatic heterocycles.